The van der Waals surface area contributed by atoms with E-state index in [1.807, 2.05) is 6.07 Å². The van der Waals surface area contributed by atoms with Crippen LogP contribution in [0.4, 0.5) is 0 Å². The van der Waals surface area contributed by atoms with Crippen LogP contribution in [-0.2, 0) is 16.0 Å². The second kappa shape index (κ2) is 18.9. The van der Waals surface area contributed by atoms with Crippen molar-refractivity contribution in [3.8, 4) is 0 Å². The number of hydrogen-bond acceptors (Lipinski definition) is 10. The molecule has 1 aromatic heterocycles. The van der Waals surface area contributed by atoms with Crippen molar-refractivity contribution < 1.29 is 45.0 Å². The Morgan fingerprint density at radius 2 is 1.71 bits per heavy atom. The molecule has 0 saturated carbocycles. The van der Waals surface area contributed by atoms with E-state index in [2.05, 4.69) is 25.7 Å². The average Bonchev–Trinajstić information content (AvgIpc) is 3.61. The van der Waals surface area contributed by atoms with Gasteiger partial charge in [0.15, 0.2) is 0 Å². The van der Waals surface area contributed by atoms with E-state index in [1.165, 1.54) is 11.3 Å². The summed E-state index contributed by atoms with van der Waals surface area (Å²) in [5.41, 5.74) is 0. The highest BCUT2D eigenvalue weighted by Gasteiger charge is 2.35. The van der Waals surface area contributed by atoms with Crippen LogP contribution >= 0.6 is 11.3 Å². The summed E-state index contributed by atoms with van der Waals surface area (Å²) in [6.07, 6.45) is 3.65. The number of hydrogen-bond donors (Lipinski definition) is 6. The first kappa shape index (κ1) is 36.6. The molecule has 0 radical (unpaired) electrons. The fraction of sp³-hybridized carbons (Fsp3) is 0.806. The molecule has 2 rings (SSSR count). The molecule has 1 fully saturated rings. The first-order chi connectivity index (χ1) is 20.0. The van der Waals surface area contributed by atoms with E-state index in [9.17, 15) is 35.1 Å². The van der Waals surface area contributed by atoms with Gasteiger partial charge in [0, 0.05) is 23.4 Å². The Kier molecular flexibility index (Phi) is 16.5. The molecular weight excluding hydrogens is 562 g/mol. The summed E-state index contributed by atoms with van der Waals surface area (Å²) in [7, 11) is 0. The standard InChI is InChI=1S/C31H53NO9S/c1-4-6-7-11-24(34)20(3)12-13-21(5-2)32-22(14-17-28(32)37)9-8-10-23-15-16-27(42-23)31(40)41-19-26(36)30(39)29(38)25(35)18-33/h15-16,20-22,24-26,29-30,33-36,38-39H,4-14,17-19H2,1-3H3/t20?,21?,22-,24-,25+,26-,29-,30+/m0/s1. The number of unbranched alkanes of at least 4 members (excludes halogenated alkanes) is 2. The minimum Gasteiger partial charge on any atom is -0.459 e. The Balaban J connectivity index is 1.81. The van der Waals surface area contributed by atoms with Crippen LogP contribution in [-0.4, -0.2) is 103 Å². The molecule has 242 valence electrons. The Morgan fingerprint density at radius 3 is 2.38 bits per heavy atom. The SMILES string of the molecule is CCCCC[C@H](O)C(C)CCC(CC)N1C(=O)CC[C@@H]1CCCc1ccc(C(=O)OC[C@H](O)[C@@H](O)[C@@H](O)[C@H](O)CO)s1. The van der Waals surface area contributed by atoms with Crippen molar-refractivity contribution in [3.05, 3.63) is 21.9 Å². The normalized spacial score (nSPS) is 20.6. The fourth-order valence-corrected chi connectivity index (χ4v) is 6.59. The molecular formula is C31H53NO9S. The number of amides is 1. The molecule has 2 unspecified atom stereocenters. The van der Waals surface area contributed by atoms with Gasteiger partial charge in [-0.05, 0) is 69.4 Å². The fourth-order valence-electron chi connectivity index (χ4n) is 5.65. The van der Waals surface area contributed by atoms with Gasteiger partial charge in [0.05, 0.1) is 12.7 Å². The lowest BCUT2D eigenvalue weighted by molar-refractivity contribution is -0.131. The topological polar surface area (TPSA) is 168 Å². The summed E-state index contributed by atoms with van der Waals surface area (Å²) in [5, 5.41) is 58.3. The summed E-state index contributed by atoms with van der Waals surface area (Å²) < 4.78 is 5.06. The largest absolute Gasteiger partial charge is 0.459 e. The molecule has 1 saturated heterocycles. The van der Waals surface area contributed by atoms with Crippen LogP contribution in [0.2, 0.25) is 0 Å². The number of aliphatic hydroxyl groups excluding tert-OH is 6. The third-order valence-corrected chi connectivity index (χ3v) is 9.61. The molecule has 1 aromatic rings. The van der Waals surface area contributed by atoms with Gasteiger partial charge in [-0.25, -0.2) is 4.79 Å². The van der Waals surface area contributed by atoms with Crippen molar-refractivity contribution in [3.63, 3.8) is 0 Å². The number of ether oxygens (including phenoxy) is 1. The first-order valence-corrected chi connectivity index (χ1v) is 16.4. The number of nitrogens with zero attached hydrogens (tertiary/aromatic N) is 1. The van der Waals surface area contributed by atoms with Crippen LogP contribution in [0.3, 0.4) is 0 Å². The highest BCUT2D eigenvalue weighted by Crippen LogP contribution is 2.30. The minimum absolute atomic E-state index is 0.181. The zero-order valence-corrected chi connectivity index (χ0v) is 26.3. The number of aliphatic hydroxyl groups is 6. The van der Waals surface area contributed by atoms with Crippen molar-refractivity contribution in [2.75, 3.05) is 13.2 Å². The quantitative estimate of drug-likeness (QED) is 0.0900. The number of likely N-dealkylation sites (tertiary alicyclic amines) is 1. The molecule has 1 amide bonds. The number of esters is 1. The van der Waals surface area contributed by atoms with E-state index >= 15 is 0 Å². The minimum atomic E-state index is -1.79. The molecule has 0 bridgehead atoms. The molecule has 6 N–H and O–H groups in total. The van der Waals surface area contributed by atoms with Crippen molar-refractivity contribution in [1.82, 2.24) is 4.90 Å². The molecule has 10 nitrogen and oxygen atoms in total. The lowest BCUT2D eigenvalue weighted by Crippen LogP contribution is -2.47. The molecule has 42 heavy (non-hydrogen) atoms. The number of rotatable bonds is 21. The molecule has 11 heteroatoms. The number of carbonyl (C=O) groups excluding carboxylic acids is 2. The van der Waals surface area contributed by atoms with Crippen molar-refractivity contribution in [2.45, 2.75) is 140 Å². The van der Waals surface area contributed by atoms with Crippen LogP contribution in [0.1, 0.15) is 106 Å². The van der Waals surface area contributed by atoms with Gasteiger partial charge in [-0.15, -0.1) is 11.3 Å². The maximum atomic E-state index is 12.8. The third kappa shape index (κ3) is 11.2. The van der Waals surface area contributed by atoms with E-state index < -0.39 is 43.6 Å². The van der Waals surface area contributed by atoms with E-state index in [-0.39, 0.29) is 30.0 Å². The van der Waals surface area contributed by atoms with Crippen LogP contribution in [0.25, 0.3) is 0 Å². The summed E-state index contributed by atoms with van der Waals surface area (Å²) in [4.78, 5) is 28.7. The predicted molar refractivity (Wildman–Crippen MR) is 161 cm³/mol. The van der Waals surface area contributed by atoms with Gasteiger partial charge in [-0.3, -0.25) is 4.79 Å². The van der Waals surface area contributed by atoms with Gasteiger partial charge in [-0.1, -0.05) is 40.0 Å². The maximum Gasteiger partial charge on any atom is 0.348 e. The van der Waals surface area contributed by atoms with Gasteiger partial charge in [0.1, 0.15) is 35.9 Å². The Bertz CT molecular complexity index is 928. The molecule has 8 atom stereocenters. The van der Waals surface area contributed by atoms with Gasteiger partial charge in [-0.2, -0.15) is 0 Å². The molecule has 0 aliphatic carbocycles. The Morgan fingerprint density at radius 1 is 1.00 bits per heavy atom. The van der Waals surface area contributed by atoms with E-state index in [4.69, 9.17) is 9.84 Å². The van der Waals surface area contributed by atoms with Crippen LogP contribution in [0.15, 0.2) is 12.1 Å². The zero-order valence-electron chi connectivity index (χ0n) is 25.4. The van der Waals surface area contributed by atoms with Crippen LogP contribution < -0.4 is 0 Å². The zero-order chi connectivity index (χ0) is 31.2. The van der Waals surface area contributed by atoms with Gasteiger partial charge < -0.3 is 40.3 Å². The molecule has 0 aromatic carbocycles. The number of carbonyl (C=O) groups is 2. The third-order valence-electron chi connectivity index (χ3n) is 8.49. The van der Waals surface area contributed by atoms with Crippen molar-refractivity contribution >= 4 is 23.2 Å². The van der Waals surface area contributed by atoms with Crippen LogP contribution in [0.5, 0.6) is 0 Å². The summed E-state index contributed by atoms with van der Waals surface area (Å²) in [5.74, 6) is -0.238. The van der Waals surface area contributed by atoms with Gasteiger partial charge in [0.2, 0.25) is 5.91 Å². The maximum absolute atomic E-state index is 12.8. The van der Waals surface area contributed by atoms with E-state index in [0.29, 0.717) is 11.3 Å². The second-order valence-corrected chi connectivity index (χ2v) is 12.9. The highest BCUT2D eigenvalue weighted by molar-refractivity contribution is 7.13. The summed E-state index contributed by atoms with van der Waals surface area (Å²) >= 11 is 1.29. The summed E-state index contributed by atoms with van der Waals surface area (Å²) in [6, 6.07) is 3.88. The Labute approximate surface area is 254 Å². The first-order valence-electron chi connectivity index (χ1n) is 15.6. The monoisotopic (exact) mass is 615 g/mol. The highest BCUT2D eigenvalue weighted by atomic mass is 32.1. The van der Waals surface area contributed by atoms with Crippen molar-refractivity contribution in [1.29, 1.82) is 0 Å². The summed E-state index contributed by atoms with van der Waals surface area (Å²) in [6.45, 7) is 5.03. The molecule has 1 aliphatic heterocycles. The van der Waals surface area contributed by atoms with E-state index in [1.54, 1.807) is 6.07 Å². The van der Waals surface area contributed by atoms with Gasteiger partial charge >= 0.3 is 5.97 Å². The predicted octanol–water partition coefficient (Wildman–Crippen LogP) is 2.79. The smallest absolute Gasteiger partial charge is 0.348 e. The van der Waals surface area contributed by atoms with Crippen LogP contribution in [0, 0.1) is 5.92 Å². The lowest BCUT2D eigenvalue weighted by atomic mass is 9.91. The molecule has 2 heterocycles. The number of aryl methyl sites for hydroxylation is 1. The Hall–Kier alpha value is -1.60. The molecule has 1 aliphatic rings. The van der Waals surface area contributed by atoms with E-state index in [0.717, 1.165) is 75.5 Å². The number of thiophene rings is 1. The second-order valence-electron chi connectivity index (χ2n) is 11.7. The van der Waals surface area contributed by atoms with Gasteiger partial charge in [0.25, 0.3) is 0 Å². The molecule has 0 spiro atoms. The van der Waals surface area contributed by atoms with Crippen molar-refractivity contribution in [2.24, 2.45) is 5.92 Å². The average molecular weight is 616 g/mol. The lowest BCUT2D eigenvalue weighted by Gasteiger charge is -2.34.